The van der Waals surface area contributed by atoms with E-state index in [2.05, 4.69) is 10.3 Å². The third kappa shape index (κ3) is 2.66. The Labute approximate surface area is 127 Å². The van der Waals surface area contributed by atoms with Gasteiger partial charge in [-0.2, -0.15) is 0 Å². The highest BCUT2D eigenvalue weighted by atomic mass is 35.5. The van der Waals surface area contributed by atoms with Crippen LogP contribution in [0.3, 0.4) is 0 Å². The minimum atomic E-state index is 0.623. The maximum atomic E-state index is 5.90. The average Bonchev–Trinajstić information content (AvgIpc) is 2.49. The number of amidine groups is 1. The van der Waals surface area contributed by atoms with Crippen LogP contribution < -0.4 is 15.2 Å². The fourth-order valence-corrected chi connectivity index (χ4v) is 2.46. The van der Waals surface area contributed by atoms with Crippen molar-refractivity contribution in [2.24, 2.45) is 0 Å². The van der Waals surface area contributed by atoms with Crippen LogP contribution in [0.2, 0.25) is 5.02 Å². The van der Waals surface area contributed by atoms with Crippen molar-refractivity contribution in [1.29, 1.82) is 0 Å². The fourth-order valence-electron chi connectivity index (χ4n) is 2.06. The van der Waals surface area contributed by atoms with Gasteiger partial charge in [-0.15, -0.1) is 0 Å². The molecule has 5 heteroatoms. The van der Waals surface area contributed by atoms with Crippen LogP contribution in [-0.4, -0.2) is 17.6 Å². The summed E-state index contributed by atoms with van der Waals surface area (Å²) in [6.07, 6.45) is 0. The Hall–Kier alpha value is -1.91. The molecule has 0 atom stereocenters. The number of benzene rings is 2. The number of hydrogen-bond acceptors (Lipinski definition) is 1. The van der Waals surface area contributed by atoms with Gasteiger partial charge in [0, 0.05) is 10.7 Å². The first kappa shape index (κ1) is 13.1. The number of rotatable bonds is 2. The van der Waals surface area contributed by atoms with Gasteiger partial charge in [0.25, 0.3) is 10.9 Å². The molecule has 3 rings (SSSR count). The van der Waals surface area contributed by atoms with E-state index in [0.29, 0.717) is 16.8 Å². The molecule has 0 amide bonds. The highest BCUT2D eigenvalue weighted by molar-refractivity contribution is 7.80. The molecule has 0 saturated heterocycles. The third-order valence-corrected chi connectivity index (χ3v) is 3.67. The zero-order chi connectivity index (χ0) is 13.9. The van der Waals surface area contributed by atoms with Gasteiger partial charge in [-0.1, -0.05) is 29.8 Å². The Morgan fingerprint density at radius 2 is 1.75 bits per heavy atom. The van der Waals surface area contributed by atoms with Gasteiger partial charge in [-0.3, -0.25) is 9.89 Å². The predicted octanol–water partition coefficient (Wildman–Crippen LogP) is 1.52. The summed E-state index contributed by atoms with van der Waals surface area (Å²) in [5.74, 6) is 0.931. The summed E-state index contributed by atoms with van der Waals surface area (Å²) in [4.78, 5) is 5.32. The normalized spacial score (nSPS) is 14.8. The minimum absolute atomic E-state index is 0.623. The van der Waals surface area contributed by atoms with Gasteiger partial charge >= 0.3 is 0 Å². The first-order valence-electron chi connectivity index (χ1n) is 6.24. The topological polar surface area (TPSA) is 29.2 Å². The molecule has 2 N–H and O–H groups in total. The smallest absolute Gasteiger partial charge is 0.262 e. The molecular weight excluding hydrogens is 290 g/mol. The average molecular weight is 303 g/mol. The Balaban J connectivity index is 1.84. The molecule has 100 valence electrons. The van der Waals surface area contributed by atoms with E-state index in [1.807, 2.05) is 59.5 Å². The molecule has 2 aromatic rings. The lowest BCUT2D eigenvalue weighted by molar-refractivity contribution is -0.457. The van der Waals surface area contributed by atoms with Crippen molar-refractivity contribution in [2.45, 2.75) is 0 Å². The molecule has 0 aliphatic carbocycles. The van der Waals surface area contributed by atoms with E-state index in [1.165, 1.54) is 0 Å². The first-order valence-corrected chi connectivity index (χ1v) is 7.03. The predicted molar refractivity (Wildman–Crippen MR) is 86.0 cm³/mol. The van der Waals surface area contributed by atoms with Crippen molar-refractivity contribution in [3.63, 3.8) is 0 Å². The number of nitrogens with zero attached hydrogens (tertiary/aromatic N) is 1. The van der Waals surface area contributed by atoms with Crippen molar-refractivity contribution in [3.8, 4) is 0 Å². The summed E-state index contributed by atoms with van der Waals surface area (Å²) >= 11 is 11.3. The lowest BCUT2D eigenvalue weighted by atomic mass is 10.2. The maximum absolute atomic E-state index is 5.90. The minimum Gasteiger partial charge on any atom is -0.262 e. The Morgan fingerprint density at radius 1 is 1.05 bits per heavy atom. The highest BCUT2D eigenvalue weighted by Crippen LogP contribution is 2.17. The number of anilines is 1. The van der Waals surface area contributed by atoms with Crippen LogP contribution in [0.1, 0.15) is 5.56 Å². The van der Waals surface area contributed by atoms with Crippen LogP contribution in [0.4, 0.5) is 5.69 Å². The molecule has 3 nitrogen and oxygen atoms in total. The SMILES string of the molecule is S=C1NC(c2ccccc2)=[NH+]CN1c1ccc(Cl)cc1. The zero-order valence-corrected chi connectivity index (χ0v) is 12.2. The molecule has 0 bridgehead atoms. The number of thiocarbonyl (C=S) groups is 1. The second-order valence-corrected chi connectivity index (χ2v) is 5.23. The standard InChI is InChI=1S/C15H12ClN3S/c16-12-6-8-13(9-7-12)19-10-17-14(18-15(19)20)11-4-2-1-3-5-11/h1-9H,10H2,(H,17,18,20)/p+1. The van der Waals surface area contributed by atoms with Gasteiger partial charge in [0.15, 0.2) is 6.67 Å². The summed E-state index contributed by atoms with van der Waals surface area (Å²) in [5, 5.41) is 4.61. The zero-order valence-electron chi connectivity index (χ0n) is 10.6. The summed E-state index contributed by atoms with van der Waals surface area (Å²) in [6.45, 7) is 0.623. The van der Waals surface area contributed by atoms with Crippen molar-refractivity contribution in [2.75, 3.05) is 11.6 Å². The van der Waals surface area contributed by atoms with Gasteiger partial charge < -0.3 is 0 Å². The van der Waals surface area contributed by atoms with E-state index in [-0.39, 0.29) is 0 Å². The highest BCUT2D eigenvalue weighted by Gasteiger charge is 2.25. The molecule has 1 aliphatic rings. The quantitative estimate of drug-likeness (QED) is 0.824. The van der Waals surface area contributed by atoms with Crippen LogP contribution >= 0.6 is 23.8 Å². The monoisotopic (exact) mass is 302 g/mol. The molecule has 0 aromatic heterocycles. The van der Waals surface area contributed by atoms with Crippen LogP contribution in [0.25, 0.3) is 0 Å². The first-order chi connectivity index (χ1) is 9.74. The van der Waals surface area contributed by atoms with Crippen LogP contribution in [-0.2, 0) is 0 Å². The van der Waals surface area contributed by atoms with Gasteiger partial charge in [0.2, 0.25) is 0 Å². The number of hydrogen-bond donors (Lipinski definition) is 2. The molecule has 20 heavy (non-hydrogen) atoms. The number of halogens is 1. The van der Waals surface area contributed by atoms with E-state index >= 15 is 0 Å². The summed E-state index contributed by atoms with van der Waals surface area (Å²) in [6, 6.07) is 17.7. The molecule has 0 saturated carbocycles. The third-order valence-electron chi connectivity index (χ3n) is 3.09. The molecule has 1 heterocycles. The Kier molecular flexibility index (Phi) is 3.67. The largest absolute Gasteiger partial charge is 0.283 e. The molecular formula is C15H13ClN3S+. The number of nitrogens with one attached hydrogen (secondary N) is 2. The molecule has 0 fully saturated rings. The summed E-state index contributed by atoms with van der Waals surface area (Å²) in [5.41, 5.74) is 2.09. The molecule has 2 aromatic carbocycles. The maximum Gasteiger partial charge on any atom is 0.283 e. The fraction of sp³-hybridized carbons (Fsp3) is 0.0667. The summed E-state index contributed by atoms with van der Waals surface area (Å²) in [7, 11) is 0. The van der Waals surface area contributed by atoms with Crippen molar-refractivity contribution in [3.05, 3.63) is 65.2 Å². The van der Waals surface area contributed by atoms with Crippen molar-refractivity contribution >= 4 is 40.5 Å². The Morgan fingerprint density at radius 3 is 2.40 bits per heavy atom. The van der Waals surface area contributed by atoms with E-state index in [0.717, 1.165) is 17.1 Å². The van der Waals surface area contributed by atoms with Crippen molar-refractivity contribution in [1.82, 2.24) is 5.32 Å². The second kappa shape index (κ2) is 5.61. The van der Waals surface area contributed by atoms with Crippen LogP contribution in [0.5, 0.6) is 0 Å². The van der Waals surface area contributed by atoms with Gasteiger partial charge in [-0.05, 0) is 48.6 Å². The van der Waals surface area contributed by atoms with Gasteiger partial charge in [0.1, 0.15) is 0 Å². The second-order valence-electron chi connectivity index (χ2n) is 4.41. The van der Waals surface area contributed by atoms with Crippen molar-refractivity contribution < 1.29 is 4.99 Å². The lowest BCUT2D eigenvalue weighted by Gasteiger charge is -2.24. The summed E-state index contributed by atoms with van der Waals surface area (Å²) < 4.78 is 0. The molecule has 0 unspecified atom stereocenters. The van der Waals surface area contributed by atoms with Crippen LogP contribution in [0, 0.1) is 0 Å². The molecule has 0 spiro atoms. The lowest BCUT2D eigenvalue weighted by Crippen LogP contribution is -2.85. The van der Waals surface area contributed by atoms with E-state index in [9.17, 15) is 0 Å². The van der Waals surface area contributed by atoms with E-state index in [1.54, 1.807) is 0 Å². The van der Waals surface area contributed by atoms with Gasteiger partial charge in [-0.25, -0.2) is 5.32 Å². The van der Waals surface area contributed by atoms with E-state index < -0.39 is 0 Å². The van der Waals surface area contributed by atoms with E-state index in [4.69, 9.17) is 23.8 Å². The van der Waals surface area contributed by atoms with Crippen LogP contribution in [0.15, 0.2) is 54.6 Å². The Bertz CT molecular complexity index is 653. The molecule has 0 radical (unpaired) electrons. The molecule has 1 aliphatic heterocycles. The van der Waals surface area contributed by atoms with Gasteiger partial charge in [0.05, 0.1) is 5.56 Å².